The number of hydrogen-bond donors (Lipinski definition) is 1. The normalized spacial score (nSPS) is 23.2. The molecular weight excluding hydrogens is 282 g/mol. The maximum Gasteiger partial charge on any atom is 0.246 e. The van der Waals surface area contributed by atoms with Crippen LogP contribution in [-0.2, 0) is 9.53 Å². The first-order chi connectivity index (χ1) is 10.8. The molecule has 1 atom stereocenters. The molecular formula is C16H23N3O3. The molecule has 1 unspecified atom stereocenters. The van der Waals surface area contributed by atoms with Gasteiger partial charge in [-0.1, -0.05) is 12.1 Å². The molecule has 3 rings (SSSR count). The molecule has 2 saturated heterocycles. The van der Waals surface area contributed by atoms with Crippen molar-refractivity contribution in [1.29, 1.82) is 0 Å². The fourth-order valence-electron chi connectivity index (χ4n) is 3.00. The van der Waals surface area contributed by atoms with Crippen LogP contribution in [0.5, 0.6) is 5.75 Å². The fourth-order valence-corrected chi connectivity index (χ4v) is 3.00. The van der Waals surface area contributed by atoms with Gasteiger partial charge in [0.15, 0.2) is 0 Å². The summed E-state index contributed by atoms with van der Waals surface area (Å²) < 4.78 is 11.0. The number of nitrogens with zero attached hydrogens (tertiary/aromatic N) is 2. The molecule has 120 valence electrons. The van der Waals surface area contributed by atoms with E-state index in [2.05, 4.69) is 21.2 Å². The summed E-state index contributed by atoms with van der Waals surface area (Å²) in [6.45, 7) is 5.61. The molecule has 22 heavy (non-hydrogen) atoms. The number of rotatable bonds is 4. The van der Waals surface area contributed by atoms with Crippen LogP contribution >= 0.6 is 0 Å². The van der Waals surface area contributed by atoms with Crippen LogP contribution in [0.25, 0.3) is 0 Å². The van der Waals surface area contributed by atoms with E-state index < -0.39 is 0 Å². The standard InChI is InChI=1S/C16H23N3O3/c1-21-15-5-3-2-4-14(15)19-8-6-18(7-9-19)11-13-10-17-16(20)12-22-13/h2-5,13H,6-12H2,1H3,(H,17,20). The van der Waals surface area contributed by atoms with Gasteiger partial charge in [0.25, 0.3) is 0 Å². The Morgan fingerprint density at radius 1 is 1.27 bits per heavy atom. The topological polar surface area (TPSA) is 54.0 Å². The van der Waals surface area contributed by atoms with Gasteiger partial charge in [-0.25, -0.2) is 0 Å². The van der Waals surface area contributed by atoms with Crippen LogP contribution in [0.15, 0.2) is 24.3 Å². The van der Waals surface area contributed by atoms with Gasteiger partial charge >= 0.3 is 0 Å². The van der Waals surface area contributed by atoms with E-state index in [4.69, 9.17) is 9.47 Å². The molecule has 2 heterocycles. The smallest absolute Gasteiger partial charge is 0.246 e. The van der Waals surface area contributed by atoms with Gasteiger partial charge in [0, 0.05) is 39.3 Å². The Morgan fingerprint density at radius 3 is 2.73 bits per heavy atom. The van der Waals surface area contributed by atoms with E-state index in [-0.39, 0.29) is 18.6 Å². The number of para-hydroxylation sites is 2. The second kappa shape index (κ2) is 6.98. The van der Waals surface area contributed by atoms with Crippen LogP contribution in [0.3, 0.4) is 0 Å². The summed E-state index contributed by atoms with van der Waals surface area (Å²) in [7, 11) is 1.71. The minimum absolute atomic E-state index is 0.0164. The van der Waals surface area contributed by atoms with E-state index in [0.29, 0.717) is 6.54 Å². The lowest BCUT2D eigenvalue weighted by atomic mass is 10.2. The molecule has 6 heteroatoms. The van der Waals surface area contributed by atoms with Gasteiger partial charge in [-0.2, -0.15) is 0 Å². The highest BCUT2D eigenvalue weighted by Gasteiger charge is 2.24. The van der Waals surface area contributed by atoms with Gasteiger partial charge in [-0.05, 0) is 12.1 Å². The van der Waals surface area contributed by atoms with Gasteiger partial charge in [0.1, 0.15) is 12.4 Å². The van der Waals surface area contributed by atoms with Gasteiger partial charge in [0.2, 0.25) is 5.91 Å². The van der Waals surface area contributed by atoms with Crippen molar-refractivity contribution in [2.24, 2.45) is 0 Å². The summed E-state index contributed by atoms with van der Waals surface area (Å²) in [5, 5.41) is 2.85. The van der Waals surface area contributed by atoms with E-state index >= 15 is 0 Å². The monoisotopic (exact) mass is 305 g/mol. The highest BCUT2D eigenvalue weighted by Crippen LogP contribution is 2.28. The Labute approximate surface area is 131 Å². The Morgan fingerprint density at radius 2 is 2.05 bits per heavy atom. The first kappa shape index (κ1) is 15.1. The van der Waals surface area contributed by atoms with Crippen LogP contribution < -0.4 is 15.0 Å². The average Bonchev–Trinajstić information content (AvgIpc) is 2.58. The molecule has 1 aromatic carbocycles. The highest BCUT2D eigenvalue weighted by molar-refractivity contribution is 5.77. The first-order valence-electron chi connectivity index (χ1n) is 7.75. The zero-order chi connectivity index (χ0) is 15.4. The summed E-state index contributed by atoms with van der Waals surface area (Å²) in [5.74, 6) is 0.909. The number of anilines is 1. The lowest BCUT2D eigenvalue weighted by molar-refractivity contribution is -0.133. The minimum Gasteiger partial charge on any atom is -0.495 e. The largest absolute Gasteiger partial charge is 0.495 e. The van der Waals surface area contributed by atoms with E-state index in [1.807, 2.05) is 18.2 Å². The van der Waals surface area contributed by atoms with Crippen LogP contribution in [0.1, 0.15) is 0 Å². The van der Waals surface area contributed by atoms with Crippen LogP contribution in [0.4, 0.5) is 5.69 Å². The van der Waals surface area contributed by atoms with Crippen molar-refractivity contribution in [3.8, 4) is 5.75 Å². The number of piperazine rings is 1. The molecule has 6 nitrogen and oxygen atoms in total. The lowest BCUT2D eigenvalue weighted by Gasteiger charge is -2.38. The average molecular weight is 305 g/mol. The third-order valence-electron chi connectivity index (χ3n) is 4.24. The number of carbonyl (C=O) groups excluding carboxylic acids is 1. The van der Waals surface area contributed by atoms with E-state index in [9.17, 15) is 4.79 Å². The minimum atomic E-state index is -0.0164. The van der Waals surface area contributed by atoms with E-state index in [1.54, 1.807) is 7.11 Å². The third kappa shape index (κ3) is 3.51. The molecule has 1 amide bonds. The van der Waals surface area contributed by atoms with E-state index in [1.165, 1.54) is 0 Å². The zero-order valence-electron chi connectivity index (χ0n) is 13.0. The number of benzene rings is 1. The number of morpholine rings is 1. The van der Waals surface area contributed by atoms with Crippen molar-refractivity contribution in [2.75, 3.05) is 57.9 Å². The Balaban J connectivity index is 1.51. The summed E-state index contributed by atoms with van der Waals surface area (Å²) in [6, 6.07) is 8.14. The maximum absolute atomic E-state index is 11.1. The Hall–Kier alpha value is -1.79. The SMILES string of the molecule is COc1ccccc1N1CCN(CC2CNC(=O)CO2)CC1. The quantitative estimate of drug-likeness (QED) is 0.869. The maximum atomic E-state index is 11.1. The predicted molar refractivity (Wildman–Crippen MR) is 84.4 cm³/mol. The number of hydrogen-bond acceptors (Lipinski definition) is 5. The van der Waals surface area contributed by atoms with Crippen LogP contribution in [0, 0.1) is 0 Å². The van der Waals surface area contributed by atoms with Gasteiger partial charge in [-0.15, -0.1) is 0 Å². The molecule has 1 N–H and O–H groups in total. The molecule has 0 bridgehead atoms. The number of amides is 1. The number of carbonyl (C=O) groups is 1. The Kier molecular flexibility index (Phi) is 4.80. The predicted octanol–water partition coefficient (Wildman–Crippen LogP) is 0.332. The number of methoxy groups -OCH3 is 1. The highest BCUT2D eigenvalue weighted by atomic mass is 16.5. The molecule has 0 aliphatic carbocycles. The molecule has 2 fully saturated rings. The molecule has 1 aromatic rings. The summed E-state index contributed by atoms with van der Waals surface area (Å²) in [4.78, 5) is 15.8. The van der Waals surface area contributed by atoms with Crippen molar-refractivity contribution in [1.82, 2.24) is 10.2 Å². The van der Waals surface area contributed by atoms with Gasteiger partial charge < -0.3 is 19.7 Å². The Bertz CT molecular complexity index is 505. The molecule has 0 aromatic heterocycles. The van der Waals surface area contributed by atoms with Crippen LogP contribution in [0.2, 0.25) is 0 Å². The molecule has 2 aliphatic heterocycles. The van der Waals surface area contributed by atoms with Crippen molar-refractivity contribution < 1.29 is 14.3 Å². The molecule has 0 radical (unpaired) electrons. The third-order valence-corrected chi connectivity index (χ3v) is 4.24. The first-order valence-corrected chi connectivity index (χ1v) is 7.75. The number of nitrogens with one attached hydrogen (secondary N) is 1. The number of ether oxygens (including phenoxy) is 2. The lowest BCUT2D eigenvalue weighted by Crippen LogP contribution is -2.53. The van der Waals surface area contributed by atoms with Crippen LogP contribution in [-0.4, -0.2) is 69.9 Å². The summed E-state index contributed by atoms with van der Waals surface area (Å²) in [6.07, 6.45) is 0.107. The van der Waals surface area contributed by atoms with Crippen molar-refractivity contribution in [3.63, 3.8) is 0 Å². The summed E-state index contributed by atoms with van der Waals surface area (Å²) in [5.41, 5.74) is 1.16. The second-order valence-electron chi connectivity index (χ2n) is 5.70. The second-order valence-corrected chi connectivity index (χ2v) is 5.70. The van der Waals surface area contributed by atoms with Crippen molar-refractivity contribution >= 4 is 11.6 Å². The fraction of sp³-hybridized carbons (Fsp3) is 0.562. The van der Waals surface area contributed by atoms with Gasteiger partial charge in [-0.3, -0.25) is 9.69 Å². The summed E-state index contributed by atoms with van der Waals surface area (Å²) >= 11 is 0. The molecule has 0 spiro atoms. The van der Waals surface area contributed by atoms with Gasteiger partial charge in [0.05, 0.1) is 18.9 Å². The zero-order valence-corrected chi connectivity index (χ0v) is 13.0. The molecule has 0 saturated carbocycles. The molecule has 2 aliphatic rings. The van der Waals surface area contributed by atoms with Crippen molar-refractivity contribution in [2.45, 2.75) is 6.10 Å². The van der Waals surface area contributed by atoms with E-state index in [0.717, 1.165) is 44.2 Å². The van der Waals surface area contributed by atoms with Crippen molar-refractivity contribution in [3.05, 3.63) is 24.3 Å².